The highest BCUT2D eigenvalue weighted by molar-refractivity contribution is 6.04. The Morgan fingerprint density at radius 2 is 1.79 bits per heavy atom. The first-order valence-electron chi connectivity index (χ1n) is 8.00. The number of β-lactam (4-membered cyclic amide) rings is 1. The van der Waals surface area contributed by atoms with Gasteiger partial charge in [-0.25, -0.2) is 0 Å². The van der Waals surface area contributed by atoms with Crippen molar-refractivity contribution in [3.63, 3.8) is 0 Å². The summed E-state index contributed by atoms with van der Waals surface area (Å²) in [5, 5.41) is 9.96. The van der Waals surface area contributed by atoms with Gasteiger partial charge in [-0.2, -0.15) is 0 Å². The van der Waals surface area contributed by atoms with Crippen LogP contribution in [0.2, 0.25) is 0 Å². The van der Waals surface area contributed by atoms with E-state index < -0.39 is 12.0 Å². The van der Waals surface area contributed by atoms with Crippen LogP contribution in [0.15, 0.2) is 60.7 Å². The number of amides is 1. The summed E-state index contributed by atoms with van der Waals surface area (Å²) in [6.07, 6.45) is 3.29. The van der Waals surface area contributed by atoms with E-state index in [4.69, 9.17) is 4.74 Å². The zero-order valence-electron chi connectivity index (χ0n) is 13.8. The minimum atomic E-state index is -0.683. The number of hydrogen-bond donors (Lipinski definition) is 1. The monoisotopic (exact) mass is 323 g/mol. The minimum Gasteiger partial charge on any atom is -0.497 e. The third kappa shape index (κ3) is 3.05. The smallest absolute Gasteiger partial charge is 0.235 e. The molecule has 0 aromatic heterocycles. The van der Waals surface area contributed by atoms with Gasteiger partial charge < -0.3 is 14.7 Å². The quantitative estimate of drug-likeness (QED) is 0.860. The molecule has 0 bridgehead atoms. The van der Waals surface area contributed by atoms with Crippen molar-refractivity contribution in [1.29, 1.82) is 0 Å². The first kappa shape index (κ1) is 16.3. The Hall–Kier alpha value is -2.59. The molecule has 1 aliphatic rings. The maximum absolute atomic E-state index is 12.5. The lowest BCUT2D eigenvalue weighted by Crippen LogP contribution is -2.63. The maximum Gasteiger partial charge on any atom is 0.235 e. The second-order valence-corrected chi connectivity index (χ2v) is 5.93. The molecule has 0 saturated carbocycles. The molecular formula is C20H21NO3. The fraction of sp³-hybridized carbons (Fsp3) is 0.250. The Balaban J connectivity index is 1.86. The van der Waals surface area contributed by atoms with Crippen molar-refractivity contribution in [3.8, 4) is 5.75 Å². The fourth-order valence-electron chi connectivity index (χ4n) is 3.05. The molecule has 1 heterocycles. The summed E-state index contributed by atoms with van der Waals surface area (Å²) in [6.45, 7) is 1.66. The third-order valence-corrected chi connectivity index (χ3v) is 4.34. The molecule has 4 nitrogen and oxygen atoms in total. The molecule has 1 saturated heterocycles. The predicted molar refractivity (Wildman–Crippen MR) is 94.9 cm³/mol. The summed E-state index contributed by atoms with van der Waals surface area (Å²) in [6, 6.07) is 17.1. The van der Waals surface area contributed by atoms with Crippen LogP contribution < -0.4 is 9.64 Å². The second-order valence-electron chi connectivity index (χ2n) is 5.93. The molecular weight excluding hydrogens is 302 g/mol. The number of ether oxygens (including phenoxy) is 1. The number of hydrogen-bond acceptors (Lipinski definition) is 3. The Morgan fingerprint density at radius 1 is 1.12 bits per heavy atom. The van der Waals surface area contributed by atoms with Gasteiger partial charge in [0.25, 0.3) is 0 Å². The van der Waals surface area contributed by atoms with Crippen LogP contribution in [0.3, 0.4) is 0 Å². The van der Waals surface area contributed by atoms with E-state index >= 15 is 0 Å². The summed E-state index contributed by atoms with van der Waals surface area (Å²) >= 11 is 0. The highest BCUT2D eigenvalue weighted by atomic mass is 16.5. The van der Waals surface area contributed by atoms with Crippen molar-refractivity contribution >= 4 is 17.7 Å². The molecule has 1 aliphatic heterocycles. The van der Waals surface area contributed by atoms with E-state index in [1.54, 1.807) is 18.9 Å². The molecule has 3 atom stereocenters. The Labute approximate surface area is 142 Å². The number of aliphatic hydroxyl groups is 1. The highest BCUT2D eigenvalue weighted by Crippen LogP contribution is 2.36. The lowest BCUT2D eigenvalue weighted by atomic mass is 9.82. The van der Waals surface area contributed by atoms with Crippen LogP contribution in [0, 0.1) is 5.92 Å². The number of benzene rings is 2. The average molecular weight is 323 g/mol. The highest BCUT2D eigenvalue weighted by Gasteiger charge is 2.48. The van der Waals surface area contributed by atoms with E-state index in [0.717, 1.165) is 17.0 Å². The molecule has 4 heteroatoms. The van der Waals surface area contributed by atoms with E-state index in [-0.39, 0.29) is 11.9 Å². The van der Waals surface area contributed by atoms with Crippen LogP contribution in [-0.4, -0.2) is 30.3 Å². The first-order chi connectivity index (χ1) is 11.6. The summed E-state index contributed by atoms with van der Waals surface area (Å²) in [5.41, 5.74) is 1.87. The van der Waals surface area contributed by atoms with Gasteiger partial charge in [0.05, 0.1) is 25.2 Å². The summed E-state index contributed by atoms with van der Waals surface area (Å²) < 4.78 is 5.16. The van der Waals surface area contributed by atoms with Gasteiger partial charge in [0.1, 0.15) is 5.75 Å². The van der Waals surface area contributed by atoms with Crippen LogP contribution >= 0.6 is 0 Å². The van der Waals surface area contributed by atoms with Crippen LogP contribution in [-0.2, 0) is 4.79 Å². The molecule has 3 rings (SSSR count). The largest absolute Gasteiger partial charge is 0.497 e. The zero-order valence-corrected chi connectivity index (χ0v) is 13.8. The Bertz CT molecular complexity index is 722. The standard InChI is InChI=1S/C20H21NO3/c1-14(22)19-18(13-8-15-6-4-3-5-7-15)21(20(19)23)16-9-11-17(24-2)12-10-16/h3-14,18-19,22H,1-2H3/t14-,18-,19-/m0/s1. The van der Waals surface area contributed by atoms with E-state index in [1.165, 1.54) is 0 Å². The molecule has 1 amide bonds. The van der Waals surface area contributed by atoms with Crippen molar-refractivity contribution in [3.05, 3.63) is 66.2 Å². The van der Waals surface area contributed by atoms with Crippen molar-refractivity contribution < 1.29 is 14.6 Å². The Kier molecular flexibility index (Phi) is 4.67. The van der Waals surface area contributed by atoms with Gasteiger partial charge in [-0.1, -0.05) is 42.5 Å². The van der Waals surface area contributed by atoms with Crippen LogP contribution in [0.1, 0.15) is 12.5 Å². The van der Waals surface area contributed by atoms with E-state index in [9.17, 15) is 9.90 Å². The summed E-state index contributed by atoms with van der Waals surface area (Å²) in [5.74, 6) is 0.278. The SMILES string of the molecule is COc1ccc(N2C(=O)[C@@H]([C@H](C)O)[C@@H]2C=Cc2ccccc2)cc1. The first-order valence-corrected chi connectivity index (χ1v) is 8.00. The van der Waals surface area contributed by atoms with Gasteiger partial charge >= 0.3 is 0 Å². The predicted octanol–water partition coefficient (Wildman–Crippen LogP) is 3.12. The van der Waals surface area contributed by atoms with Crippen LogP contribution in [0.4, 0.5) is 5.69 Å². The summed E-state index contributed by atoms with van der Waals surface area (Å²) in [4.78, 5) is 14.2. The Morgan fingerprint density at radius 3 is 2.38 bits per heavy atom. The van der Waals surface area contributed by atoms with E-state index in [1.807, 2.05) is 66.7 Å². The number of methoxy groups -OCH3 is 1. The molecule has 0 radical (unpaired) electrons. The van der Waals surface area contributed by atoms with Crippen LogP contribution in [0.25, 0.3) is 6.08 Å². The molecule has 124 valence electrons. The van der Waals surface area contributed by atoms with Gasteiger partial charge in [-0.3, -0.25) is 4.79 Å². The molecule has 0 aliphatic carbocycles. The number of aliphatic hydroxyl groups excluding tert-OH is 1. The number of nitrogens with zero attached hydrogens (tertiary/aromatic N) is 1. The maximum atomic E-state index is 12.5. The number of carbonyl (C=O) groups is 1. The van der Waals surface area contributed by atoms with Gasteiger partial charge in [0.2, 0.25) is 5.91 Å². The van der Waals surface area contributed by atoms with E-state index in [2.05, 4.69) is 0 Å². The topological polar surface area (TPSA) is 49.8 Å². The summed E-state index contributed by atoms with van der Waals surface area (Å²) in [7, 11) is 1.61. The average Bonchev–Trinajstić information content (AvgIpc) is 2.59. The number of anilines is 1. The van der Waals surface area contributed by atoms with Crippen molar-refractivity contribution in [1.82, 2.24) is 0 Å². The molecule has 0 spiro atoms. The number of rotatable bonds is 5. The van der Waals surface area contributed by atoms with Gasteiger partial charge in [-0.05, 0) is 36.8 Å². The van der Waals surface area contributed by atoms with Gasteiger partial charge in [0.15, 0.2) is 0 Å². The van der Waals surface area contributed by atoms with Crippen molar-refractivity contribution in [2.75, 3.05) is 12.0 Å². The van der Waals surface area contributed by atoms with Gasteiger partial charge in [-0.15, -0.1) is 0 Å². The molecule has 24 heavy (non-hydrogen) atoms. The van der Waals surface area contributed by atoms with E-state index in [0.29, 0.717) is 0 Å². The molecule has 2 aromatic rings. The lowest BCUT2D eigenvalue weighted by Gasteiger charge is -2.47. The van der Waals surface area contributed by atoms with Gasteiger partial charge in [0, 0.05) is 5.69 Å². The van der Waals surface area contributed by atoms with Crippen molar-refractivity contribution in [2.45, 2.75) is 19.1 Å². The normalized spacial score (nSPS) is 21.6. The molecule has 1 N–H and O–H groups in total. The second kappa shape index (κ2) is 6.89. The minimum absolute atomic E-state index is 0.0575. The van der Waals surface area contributed by atoms with Crippen molar-refractivity contribution in [2.24, 2.45) is 5.92 Å². The zero-order chi connectivity index (χ0) is 17.1. The van der Waals surface area contributed by atoms with Crippen LogP contribution in [0.5, 0.6) is 5.75 Å². The molecule has 1 fully saturated rings. The fourth-order valence-corrected chi connectivity index (χ4v) is 3.05. The lowest BCUT2D eigenvalue weighted by molar-refractivity contribution is -0.133. The number of carbonyl (C=O) groups excluding carboxylic acids is 1. The molecule has 2 aromatic carbocycles. The third-order valence-electron chi connectivity index (χ3n) is 4.34. The molecule has 0 unspecified atom stereocenters.